The van der Waals surface area contributed by atoms with Gasteiger partial charge in [-0.1, -0.05) is 18.2 Å². The van der Waals surface area contributed by atoms with E-state index in [1.807, 2.05) is 30.3 Å². The van der Waals surface area contributed by atoms with E-state index in [9.17, 15) is 9.59 Å². The van der Waals surface area contributed by atoms with Crippen molar-refractivity contribution in [2.45, 2.75) is 6.42 Å². The van der Waals surface area contributed by atoms with Crippen LogP contribution in [-0.4, -0.2) is 60.9 Å². The van der Waals surface area contributed by atoms with Crippen LogP contribution in [0.4, 0.5) is 0 Å². The van der Waals surface area contributed by atoms with Gasteiger partial charge in [-0.2, -0.15) is 0 Å². The van der Waals surface area contributed by atoms with Gasteiger partial charge >= 0.3 is 0 Å². The quantitative estimate of drug-likeness (QED) is 0.834. The van der Waals surface area contributed by atoms with E-state index < -0.39 is 0 Å². The van der Waals surface area contributed by atoms with Crippen molar-refractivity contribution in [2.75, 3.05) is 39.3 Å². The van der Waals surface area contributed by atoms with Crippen LogP contribution in [0.2, 0.25) is 0 Å². The highest BCUT2D eigenvalue weighted by Crippen LogP contribution is 2.09. The first-order valence-electron chi connectivity index (χ1n) is 7.14. The first kappa shape index (κ1) is 15.3. The number of nitrogens with two attached hydrogens (primary N) is 1. The number of ether oxygens (including phenoxy) is 1. The molecule has 2 rings (SSSR count). The minimum absolute atomic E-state index is 0.0266. The number of para-hydroxylation sites is 1. The zero-order valence-corrected chi connectivity index (χ0v) is 12.0. The Kier molecular flexibility index (Phi) is 5.57. The van der Waals surface area contributed by atoms with Crippen LogP contribution in [0.25, 0.3) is 0 Å². The van der Waals surface area contributed by atoms with Crippen LogP contribution in [0.3, 0.4) is 0 Å². The predicted molar refractivity (Wildman–Crippen MR) is 78.8 cm³/mol. The number of rotatable bonds is 5. The molecule has 1 saturated heterocycles. The number of carbonyl (C=O) groups excluding carboxylic acids is 2. The Morgan fingerprint density at radius 3 is 2.14 bits per heavy atom. The van der Waals surface area contributed by atoms with Gasteiger partial charge in [-0.3, -0.25) is 9.59 Å². The first-order valence-corrected chi connectivity index (χ1v) is 7.14. The lowest BCUT2D eigenvalue weighted by Crippen LogP contribution is -2.52. The molecule has 0 unspecified atom stereocenters. The lowest BCUT2D eigenvalue weighted by atomic mass is 10.2. The lowest BCUT2D eigenvalue weighted by molar-refractivity contribution is -0.139. The molecule has 1 aliphatic heterocycles. The Bertz CT molecular complexity index is 470. The van der Waals surface area contributed by atoms with Gasteiger partial charge in [-0.15, -0.1) is 0 Å². The molecular formula is C15H21N3O3. The fourth-order valence-corrected chi connectivity index (χ4v) is 2.27. The van der Waals surface area contributed by atoms with Gasteiger partial charge in [-0.25, -0.2) is 0 Å². The molecule has 6 nitrogen and oxygen atoms in total. The van der Waals surface area contributed by atoms with Crippen molar-refractivity contribution < 1.29 is 14.3 Å². The summed E-state index contributed by atoms with van der Waals surface area (Å²) in [5, 5.41) is 0. The van der Waals surface area contributed by atoms with E-state index in [2.05, 4.69) is 0 Å². The standard InChI is InChI=1S/C15H21N3O3/c16-12-15(20)18-9-7-17(8-10-18)14(19)6-11-21-13-4-2-1-3-5-13/h1-5H,6-12,16H2. The molecule has 2 N–H and O–H groups in total. The van der Waals surface area contributed by atoms with E-state index in [1.54, 1.807) is 9.80 Å². The van der Waals surface area contributed by atoms with Crippen LogP contribution in [0.15, 0.2) is 30.3 Å². The van der Waals surface area contributed by atoms with Crippen molar-refractivity contribution in [2.24, 2.45) is 5.73 Å². The average molecular weight is 291 g/mol. The van der Waals surface area contributed by atoms with Crippen LogP contribution >= 0.6 is 0 Å². The van der Waals surface area contributed by atoms with Crippen molar-refractivity contribution in [3.8, 4) is 5.75 Å². The number of hydrogen-bond acceptors (Lipinski definition) is 4. The third-order valence-corrected chi connectivity index (χ3v) is 3.49. The Hall–Kier alpha value is -2.08. The number of amides is 2. The summed E-state index contributed by atoms with van der Waals surface area (Å²) in [6, 6.07) is 9.43. The Morgan fingerprint density at radius 2 is 1.57 bits per heavy atom. The molecule has 0 aromatic heterocycles. The molecule has 0 radical (unpaired) electrons. The number of hydrogen-bond donors (Lipinski definition) is 1. The van der Waals surface area contributed by atoms with E-state index in [1.165, 1.54) is 0 Å². The summed E-state index contributed by atoms with van der Waals surface area (Å²) in [6.45, 7) is 2.64. The summed E-state index contributed by atoms with van der Waals surface area (Å²) >= 11 is 0. The maximum Gasteiger partial charge on any atom is 0.236 e. The Labute approximate surface area is 124 Å². The summed E-state index contributed by atoms with van der Waals surface area (Å²) in [6.07, 6.45) is 0.347. The second-order valence-corrected chi connectivity index (χ2v) is 4.88. The van der Waals surface area contributed by atoms with Gasteiger partial charge < -0.3 is 20.3 Å². The summed E-state index contributed by atoms with van der Waals surface area (Å²) in [5.41, 5.74) is 5.33. The molecule has 0 spiro atoms. The SMILES string of the molecule is NCC(=O)N1CCN(C(=O)CCOc2ccccc2)CC1. The molecule has 1 fully saturated rings. The molecule has 0 aliphatic carbocycles. The van der Waals surface area contributed by atoms with E-state index in [-0.39, 0.29) is 18.4 Å². The van der Waals surface area contributed by atoms with Gasteiger partial charge in [0.25, 0.3) is 0 Å². The minimum Gasteiger partial charge on any atom is -0.493 e. The highest BCUT2D eigenvalue weighted by Gasteiger charge is 2.23. The second-order valence-electron chi connectivity index (χ2n) is 4.88. The molecular weight excluding hydrogens is 270 g/mol. The molecule has 1 aromatic carbocycles. The number of piperazine rings is 1. The number of nitrogens with zero attached hydrogens (tertiary/aromatic N) is 2. The van der Waals surface area contributed by atoms with Gasteiger partial charge in [0, 0.05) is 26.2 Å². The molecule has 0 saturated carbocycles. The van der Waals surface area contributed by atoms with Crippen molar-refractivity contribution in [3.63, 3.8) is 0 Å². The third kappa shape index (κ3) is 4.46. The van der Waals surface area contributed by atoms with Gasteiger partial charge in [0.05, 0.1) is 19.6 Å². The first-order chi connectivity index (χ1) is 10.2. The molecule has 1 heterocycles. The third-order valence-electron chi connectivity index (χ3n) is 3.49. The second kappa shape index (κ2) is 7.64. The van der Waals surface area contributed by atoms with Crippen LogP contribution in [0.5, 0.6) is 5.75 Å². The largest absolute Gasteiger partial charge is 0.493 e. The predicted octanol–water partition coefficient (Wildman–Crippen LogP) is 0.0850. The van der Waals surface area contributed by atoms with Gasteiger partial charge in [0.2, 0.25) is 11.8 Å². The summed E-state index contributed by atoms with van der Waals surface area (Å²) < 4.78 is 5.52. The molecule has 1 aromatic rings. The summed E-state index contributed by atoms with van der Waals surface area (Å²) in [7, 11) is 0. The Balaban J connectivity index is 1.69. The van der Waals surface area contributed by atoms with Crippen molar-refractivity contribution in [3.05, 3.63) is 30.3 Å². The van der Waals surface area contributed by atoms with Crippen LogP contribution in [0.1, 0.15) is 6.42 Å². The summed E-state index contributed by atoms with van der Waals surface area (Å²) in [4.78, 5) is 27.0. The monoisotopic (exact) mass is 291 g/mol. The molecule has 6 heteroatoms. The van der Waals surface area contributed by atoms with Crippen molar-refractivity contribution in [1.82, 2.24) is 9.80 Å². The topological polar surface area (TPSA) is 75.9 Å². The Morgan fingerprint density at radius 1 is 1.00 bits per heavy atom. The fraction of sp³-hybridized carbons (Fsp3) is 0.467. The van der Waals surface area contributed by atoms with E-state index in [0.29, 0.717) is 39.2 Å². The van der Waals surface area contributed by atoms with Gasteiger partial charge in [0.1, 0.15) is 5.75 Å². The van der Waals surface area contributed by atoms with Gasteiger partial charge in [-0.05, 0) is 12.1 Å². The molecule has 1 aliphatic rings. The fourth-order valence-electron chi connectivity index (χ4n) is 2.27. The molecule has 2 amide bonds. The van der Waals surface area contributed by atoms with Gasteiger partial charge in [0.15, 0.2) is 0 Å². The highest BCUT2D eigenvalue weighted by atomic mass is 16.5. The molecule has 0 atom stereocenters. The number of benzene rings is 1. The minimum atomic E-state index is -0.0606. The van der Waals surface area contributed by atoms with E-state index in [0.717, 1.165) is 5.75 Å². The zero-order valence-electron chi connectivity index (χ0n) is 12.0. The number of carbonyl (C=O) groups is 2. The van der Waals surface area contributed by atoms with E-state index in [4.69, 9.17) is 10.5 Å². The average Bonchev–Trinajstić information content (AvgIpc) is 2.55. The van der Waals surface area contributed by atoms with Crippen LogP contribution in [0, 0.1) is 0 Å². The lowest BCUT2D eigenvalue weighted by Gasteiger charge is -2.34. The molecule has 114 valence electrons. The normalized spacial score (nSPS) is 14.9. The van der Waals surface area contributed by atoms with Crippen molar-refractivity contribution in [1.29, 1.82) is 0 Å². The molecule has 21 heavy (non-hydrogen) atoms. The zero-order chi connectivity index (χ0) is 15.1. The van der Waals surface area contributed by atoms with E-state index >= 15 is 0 Å². The van der Waals surface area contributed by atoms with Crippen LogP contribution in [-0.2, 0) is 9.59 Å². The van der Waals surface area contributed by atoms with Crippen molar-refractivity contribution >= 4 is 11.8 Å². The summed E-state index contributed by atoms with van der Waals surface area (Å²) in [5.74, 6) is 0.768. The smallest absolute Gasteiger partial charge is 0.236 e. The van der Waals surface area contributed by atoms with Crippen LogP contribution < -0.4 is 10.5 Å². The maximum atomic E-state index is 12.1. The maximum absolute atomic E-state index is 12.1. The molecule has 0 bridgehead atoms. The highest BCUT2D eigenvalue weighted by molar-refractivity contribution is 5.79.